The molecule has 0 atom stereocenters. The summed E-state index contributed by atoms with van der Waals surface area (Å²) in [5.41, 5.74) is 1.52. The van der Waals surface area contributed by atoms with Crippen LogP contribution in [0.4, 0.5) is 0 Å². The van der Waals surface area contributed by atoms with E-state index >= 15 is 0 Å². The van der Waals surface area contributed by atoms with E-state index in [2.05, 4.69) is 51.1 Å². The van der Waals surface area contributed by atoms with Gasteiger partial charge in [-0.1, -0.05) is 18.2 Å². The van der Waals surface area contributed by atoms with Crippen LogP contribution in [-0.2, 0) is 6.42 Å². The second-order valence-corrected chi connectivity index (χ2v) is 7.87. The fraction of sp³-hybridized carbons (Fsp3) is 0.476. The van der Waals surface area contributed by atoms with Crippen molar-refractivity contribution in [2.75, 3.05) is 26.2 Å². The average Bonchev–Trinajstić information content (AvgIpc) is 2.64. The van der Waals surface area contributed by atoms with Crippen LogP contribution in [-0.4, -0.2) is 30.7 Å². The van der Waals surface area contributed by atoms with E-state index < -0.39 is 0 Å². The number of fused-ring (bicyclic) bond motifs is 2. The van der Waals surface area contributed by atoms with Gasteiger partial charge in [0.05, 0.1) is 26.2 Å². The molecule has 0 saturated carbocycles. The van der Waals surface area contributed by atoms with Crippen molar-refractivity contribution in [3.63, 3.8) is 0 Å². The number of nitrogens with zero attached hydrogens (tertiary/aromatic N) is 1. The average molecular weight is 343 g/mol. The SMILES string of the molecule is CC[N+](CC)(CC)CCc1ccc2sc3c(c(=O)c2c1)=CCCC=3. The summed E-state index contributed by atoms with van der Waals surface area (Å²) in [6.45, 7) is 11.5. The molecule has 0 bridgehead atoms. The molecule has 0 radical (unpaired) electrons. The van der Waals surface area contributed by atoms with Gasteiger partial charge < -0.3 is 4.48 Å². The lowest BCUT2D eigenvalue weighted by molar-refractivity contribution is -0.923. The highest BCUT2D eigenvalue weighted by molar-refractivity contribution is 7.16. The summed E-state index contributed by atoms with van der Waals surface area (Å²) in [6.07, 6.45) is 7.42. The van der Waals surface area contributed by atoms with E-state index in [-0.39, 0.29) is 5.43 Å². The lowest BCUT2D eigenvalue weighted by atomic mass is 10.1. The molecular weight excluding hydrogens is 314 g/mol. The molecule has 0 spiro atoms. The van der Waals surface area contributed by atoms with Gasteiger partial charge in [-0.15, -0.1) is 11.3 Å². The largest absolute Gasteiger partial charge is 0.324 e. The van der Waals surface area contributed by atoms with Crippen LogP contribution < -0.4 is 15.2 Å². The van der Waals surface area contributed by atoms with Gasteiger partial charge in [0.25, 0.3) is 0 Å². The van der Waals surface area contributed by atoms with E-state index in [0.717, 1.165) is 50.1 Å². The molecule has 0 N–H and O–H groups in total. The molecule has 1 heterocycles. The van der Waals surface area contributed by atoms with Crippen molar-refractivity contribution in [2.45, 2.75) is 40.0 Å². The van der Waals surface area contributed by atoms with E-state index in [1.807, 2.05) is 0 Å². The molecule has 3 rings (SSSR count). The molecule has 128 valence electrons. The van der Waals surface area contributed by atoms with Gasteiger partial charge in [0, 0.05) is 26.3 Å². The predicted octanol–water partition coefficient (Wildman–Crippen LogP) is 3.04. The molecule has 1 aromatic heterocycles. The molecule has 0 saturated heterocycles. The Morgan fingerprint density at radius 3 is 2.46 bits per heavy atom. The van der Waals surface area contributed by atoms with Crippen LogP contribution in [0.2, 0.25) is 0 Å². The Hall–Kier alpha value is -1.45. The zero-order valence-electron chi connectivity index (χ0n) is 15.1. The van der Waals surface area contributed by atoms with E-state index in [1.165, 1.54) is 25.2 Å². The first-order valence-corrected chi connectivity index (χ1v) is 10.1. The Morgan fingerprint density at radius 2 is 1.75 bits per heavy atom. The van der Waals surface area contributed by atoms with E-state index in [9.17, 15) is 4.79 Å². The van der Waals surface area contributed by atoms with E-state index in [1.54, 1.807) is 11.3 Å². The fourth-order valence-electron chi connectivity index (χ4n) is 3.73. The minimum absolute atomic E-state index is 0.221. The van der Waals surface area contributed by atoms with E-state index in [4.69, 9.17) is 0 Å². The van der Waals surface area contributed by atoms with Crippen LogP contribution in [0.25, 0.3) is 22.2 Å². The highest BCUT2D eigenvalue weighted by atomic mass is 32.1. The highest BCUT2D eigenvalue weighted by Gasteiger charge is 2.20. The standard InChI is InChI=1S/C21H28NOS/c1-4-22(5-2,6-3)14-13-16-11-12-20-18(15-16)21(23)17-9-7-8-10-19(17)24-20/h9-12,15H,4-8,13-14H2,1-3H3/q+1. The number of rotatable bonds is 6. The van der Waals surface area contributed by atoms with Crippen LogP contribution in [0.5, 0.6) is 0 Å². The summed E-state index contributed by atoms with van der Waals surface area (Å²) in [4.78, 5) is 12.8. The molecule has 2 aromatic rings. The Morgan fingerprint density at radius 1 is 1.04 bits per heavy atom. The van der Waals surface area contributed by atoms with E-state index in [0.29, 0.717) is 0 Å². The van der Waals surface area contributed by atoms with Crippen LogP contribution in [0.3, 0.4) is 0 Å². The van der Waals surface area contributed by atoms with Gasteiger partial charge >= 0.3 is 0 Å². The van der Waals surface area contributed by atoms with Crippen molar-refractivity contribution in [3.8, 4) is 0 Å². The summed E-state index contributed by atoms with van der Waals surface area (Å²) >= 11 is 1.76. The summed E-state index contributed by atoms with van der Waals surface area (Å²) in [7, 11) is 0. The van der Waals surface area contributed by atoms with Crippen LogP contribution in [0.15, 0.2) is 23.0 Å². The molecule has 2 nitrogen and oxygen atoms in total. The Bertz CT molecular complexity index is 898. The molecule has 0 amide bonds. The first kappa shape index (κ1) is 17.4. The van der Waals surface area contributed by atoms with Gasteiger partial charge in [-0.3, -0.25) is 4.79 Å². The summed E-state index contributed by atoms with van der Waals surface area (Å²) in [5, 5.41) is 1.84. The van der Waals surface area contributed by atoms with Gasteiger partial charge in [-0.05, 0) is 51.3 Å². The summed E-state index contributed by atoms with van der Waals surface area (Å²) < 4.78 is 3.43. The van der Waals surface area contributed by atoms with Crippen molar-refractivity contribution in [3.05, 3.63) is 43.7 Å². The number of likely N-dealkylation sites (N-methyl/N-ethyl adjacent to an activating group) is 1. The van der Waals surface area contributed by atoms with Crippen molar-refractivity contribution in [1.82, 2.24) is 0 Å². The molecule has 3 heteroatoms. The molecule has 0 unspecified atom stereocenters. The normalized spacial score (nSPS) is 14.1. The first-order chi connectivity index (χ1) is 11.6. The molecule has 1 aromatic carbocycles. The van der Waals surface area contributed by atoms with Crippen LogP contribution in [0, 0.1) is 0 Å². The summed E-state index contributed by atoms with van der Waals surface area (Å²) in [5.74, 6) is 0. The lowest BCUT2D eigenvalue weighted by Gasteiger charge is -2.35. The van der Waals surface area contributed by atoms with Gasteiger partial charge in [-0.25, -0.2) is 0 Å². The molecule has 1 aliphatic carbocycles. The zero-order valence-corrected chi connectivity index (χ0v) is 15.9. The third-order valence-electron chi connectivity index (χ3n) is 5.75. The second-order valence-electron chi connectivity index (χ2n) is 6.79. The number of hydrogen-bond donors (Lipinski definition) is 0. The second kappa shape index (κ2) is 7.20. The maximum atomic E-state index is 12.8. The van der Waals surface area contributed by atoms with Gasteiger partial charge in [0.15, 0.2) is 5.43 Å². The quantitative estimate of drug-likeness (QED) is 0.738. The first-order valence-electron chi connectivity index (χ1n) is 9.23. The van der Waals surface area contributed by atoms with Crippen LogP contribution >= 0.6 is 11.3 Å². The minimum atomic E-state index is 0.221. The highest BCUT2D eigenvalue weighted by Crippen LogP contribution is 2.16. The van der Waals surface area contributed by atoms with Gasteiger partial charge in [0.1, 0.15) is 0 Å². The Kier molecular flexibility index (Phi) is 5.21. The molecule has 0 aliphatic heterocycles. The topological polar surface area (TPSA) is 17.1 Å². The molecular formula is C21H28NOS+. The van der Waals surface area contributed by atoms with Crippen LogP contribution in [0.1, 0.15) is 39.2 Å². The third-order valence-corrected chi connectivity index (χ3v) is 6.93. The Labute approximate surface area is 148 Å². The maximum absolute atomic E-state index is 12.8. The monoisotopic (exact) mass is 342 g/mol. The minimum Gasteiger partial charge on any atom is -0.324 e. The van der Waals surface area contributed by atoms with Gasteiger partial charge in [0.2, 0.25) is 0 Å². The van der Waals surface area contributed by atoms with Gasteiger partial charge in [-0.2, -0.15) is 0 Å². The van der Waals surface area contributed by atoms with Crippen molar-refractivity contribution < 1.29 is 4.48 Å². The predicted molar refractivity (Wildman–Crippen MR) is 106 cm³/mol. The maximum Gasteiger partial charge on any atom is 0.195 e. The molecule has 1 aliphatic rings. The molecule has 24 heavy (non-hydrogen) atoms. The van der Waals surface area contributed by atoms with Crippen molar-refractivity contribution in [1.29, 1.82) is 0 Å². The summed E-state index contributed by atoms with van der Waals surface area (Å²) in [6, 6.07) is 6.51. The number of hydrogen-bond acceptors (Lipinski definition) is 2. The molecule has 0 fully saturated rings. The fourth-order valence-corrected chi connectivity index (χ4v) is 4.85. The lowest BCUT2D eigenvalue weighted by Crippen LogP contribution is -2.48. The Balaban J connectivity index is 1.98. The smallest absolute Gasteiger partial charge is 0.195 e. The number of quaternary nitrogens is 1. The van der Waals surface area contributed by atoms with Crippen molar-refractivity contribution >= 4 is 33.6 Å². The zero-order chi connectivity index (χ0) is 17.2. The third kappa shape index (κ3) is 3.20. The van der Waals surface area contributed by atoms with Crippen molar-refractivity contribution in [2.24, 2.45) is 0 Å². The number of benzene rings is 1.